The second kappa shape index (κ2) is 8.75. The number of rotatable bonds is 5. The van der Waals surface area contributed by atoms with E-state index in [1.165, 1.54) is 17.3 Å². The molecule has 6 heteroatoms. The Bertz CT molecular complexity index is 1190. The summed E-state index contributed by atoms with van der Waals surface area (Å²) >= 11 is 1.28. The molecule has 0 aliphatic carbocycles. The van der Waals surface area contributed by atoms with E-state index in [4.69, 9.17) is 4.43 Å². The third-order valence-electron chi connectivity index (χ3n) is 5.59. The first-order chi connectivity index (χ1) is 14.4. The molecule has 0 spiro atoms. The van der Waals surface area contributed by atoms with Gasteiger partial charge in [0.1, 0.15) is 16.4 Å². The molecule has 0 amide bonds. The molecule has 3 rings (SSSR count). The van der Waals surface area contributed by atoms with Gasteiger partial charge in [-0.15, -0.1) is 11.8 Å². The van der Waals surface area contributed by atoms with Gasteiger partial charge in [0.25, 0.3) is 14.6 Å². The van der Waals surface area contributed by atoms with E-state index in [1.807, 2.05) is 32.2 Å². The summed E-state index contributed by atoms with van der Waals surface area (Å²) in [4.78, 5) is 13.7. The van der Waals surface area contributed by atoms with Crippen molar-refractivity contribution in [3.63, 3.8) is 0 Å². The van der Waals surface area contributed by atoms with Crippen molar-refractivity contribution in [2.45, 2.75) is 64.6 Å². The van der Waals surface area contributed by atoms with Crippen LogP contribution in [0.15, 0.2) is 40.0 Å². The summed E-state index contributed by atoms with van der Waals surface area (Å²) in [6.45, 7) is 15.2. The van der Waals surface area contributed by atoms with Crippen LogP contribution < -0.4 is 9.99 Å². The Morgan fingerprint density at radius 3 is 2.32 bits per heavy atom. The number of aryl methyl sites for hydroxylation is 2. The first-order valence-electron chi connectivity index (χ1n) is 10.5. The third-order valence-corrected chi connectivity index (χ3v) is 7.00. The average molecular weight is 455 g/mol. The first kappa shape index (κ1) is 23.5. The van der Waals surface area contributed by atoms with Gasteiger partial charge in [-0.2, -0.15) is 0 Å². The standard InChI is InChI=1S/C25H32NO3SSi/c1-15-11-19-20(12-16(15)2)26(24(28)23(30-6)22(19)27)14-17-9-10-18(25(3,4)5)13-21(17)29-31(7)8/h9-13,27H,14H2,1-8H3. The molecule has 0 fully saturated rings. The predicted octanol–water partition coefficient (Wildman–Crippen LogP) is 6.02. The highest BCUT2D eigenvalue weighted by Crippen LogP contribution is 2.34. The molecule has 0 aliphatic rings. The smallest absolute Gasteiger partial charge is 0.274 e. The van der Waals surface area contributed by atoms with Crippen molar-refractivity contribution < 1.29 is 9.53 Å². The fourth-order valence-corrected chi connectivity index (χ4v) is 4.87. The molecule has 2 aromatic carbocycles. The maximum atomic E-state index is 13.3. The van der Waals surface area contributed by atoms with Crippen LogP contribution in [0.1, 0.15) is 43.0 Å². The fraction of sp³-hybridized carbons (Fsp3) is 0.400. The van der Waals surface area contributed by atoms with E-state index < -0.39 is 9.04 Å². The first-order valence-corrected chi connectivity index (χ1v) is 14.1. The lowest BCUT2D eigenvalue weighted by molar-refractivity contribution is 0.464. The molecule has 0 bridgehead atoms. The van der Waals surface area contributed by atoms with Gasteiger partial charge < -0.3 is 14.1 Å². The van der Waals surface area contributed by atoms with Crippen molar-refractivity contribution in [2.75, 3.05) is 6.26 Å². The number of aromatic nitrogens is 1. The van der Waals surface area contributed by atoms with E-state index >= 15 is 0 Å². The summed E-state index contributed by atoms with van der Waals surface area (Å²) < 4.78 is 8.03. The Balaban J connectivity index is 2.26. The number of hydrogen-bond donors (Lipinski definition) is 1. The van der Waals surface area contributed by atoms with Gasteiger partial charge >= 0.3 is 0 Å². The van der Waals surface area contributed by atoms with Crippen LogP contribution in [0.4, 0.5) is 0 Å². The van der Waals surface area contributed by atoms with Crippen LogP contribution in [0, 0.1) is 13.8 Å². The third kappa shape index (κ3) is 4.70. The molecule has 3 aromatic rings. The molecule has 0 aliphatic heterocycles. The maximum absolute atomic E-state index is 13.3. The molecule has 0 saturated carbocycles. The number of hydrogen-bond acceptors (Lipinski definition) is 4. The van der Waals surface area contributed by atoms with Crippen LogP contribution in [-0.4, -0.2) is 25.0 Å². The molecule has 1 heterocycles. The molecule has 165 valence electrons. The van der Waals surface area contributed by atoms with Gasteiger partial charge in [0.15, 0.2) is 0 Å². The molecule has 1 aromatic heterocycles. The number of pyridine rings is 1. The molecule has 0 saturated heterocycles. The van der Waals surface area contributed by atoms with E-state index in [1.54, 1.807) is 4.57 Å². The van der Waals surface area contributed by atoms with Crippen LogP contribution in [0.25, 0.3) is 10.9 Å². The molecule has 1 radical (unpaired) electrons. The summed E-state index contributed by atoms with van der Waals surface area (Å²) in [5, 5.41) is 11.5. The SMILES string of the molecule is CSc1c(O)c2cc(C)c(C)cc2n(Cc2ccc(C(C)(C)C)cc2O[Si](C)C)c1=O. The van der Waals surface area contributed by atoms with Crippen molar-refractivity contribution in [1.29, 1.82) is 0 Å². The van der Waals surface area contributed by atoms with Crippen LogP contribution in [0.2, 0.25) is 13.1 Å². The lowest BCUT2D eigenvalue weighted by Crippen LogP contribution is -2.24. The molecular formula is C25H32NO3SSi. The molecule has 0 unspecified atom stereocenters. The summed E-state index contributed by atoms with van der Waals surface area (Å²) in [6, 6.07) is 10.3. The number of benzene rings is 2. The van der Waals surface area contributed by atoms with E-state index in [9.17, 15) is 9.90 Å². The summed E-state index contributed by atoms with van der Waals surface area (Å²) in [7, 11) is -0.977. The van der Waals surface area contributed by atoms with Crippen molar-refractivity contribution in [3.05, 3.63) is 62.9 Å². The summed E-state index contributed by atoms with van der Waals surface area (Å²) in [5.74, 6) is 0.910. The number of fused-ring (bicyclic) bond motifs is 1. The molecule has 31 heavy (non-hydrogen) atoms. The molecule has 4 nitrogen and oxygen atoms in total. The van der Waals surface area contributed by atoms with E-state index in [0.717, 1.165) is 28.0 Å². The zero-order valence-corrected chi connectivity index (χ0v) is 21.5. The quantitative estimate of drug-likeness (QED) is 0.378. The van der Waals surface area contributed by atoms with Gasteiger partial charge in [0.2, 0.25) is 0 Å². The normalized spacial score (nSPS) is 12.0. The highest BCUT2D eigenvalue weighted by molar-refractivity contribution is 7.98. The second-order valence-corrected chi connectivity index (χ2v) is 12.1. The Kier molecular flexibility index (Phi) is 6.63. The monoisotopic (exact) mass is 454 g/mol. The van der Waals surface area contributed by atoms with Crippen molar-refractivity contribution >= 4 is 31.7 Å². The molecular weight excluding hydrogens is 422 g/mol. The Morgan fingerprint density at radius 1 is 1.10 bits per heavy atom. The molecule has 0 atom stereocenters. The van der Waals surface area contributed by atoms with Crippen molar-refractivity contribution in [3.8, 4) is 11.5 Å². The highest BCUT2D eigenvalue weighted by Gasteiger charge is 2.20. The van der Waals surface area contributed by atoms with Gasteiger partial charge in [-0.25, -0.2) is 0 Å². The minimum Gasteiger partial charge on any atom is -0.542 e. The van der Waals surface area contributed by atoms with Gasteiger partial charge in [-0.1, -0.05) is 32.9 Å². The lowest BCUT2D eigenvalue weighted by atomic mass is 9.86. The minimum atomic E-state index is -0.977. The van der Waals surface area contributed by atoms with Crippen LogP contribution in [-0.2, 0) is 12.0 Å². The zero-order valence-electron chi connectivity index (χ0n) is 19.7. The number of nitrogens with zero attached hydrogens (tertiary/aromatic N) is 1. The van der Waals surface area contributed by atoms with Crippen molar-refractivity contribution in [2.24, 2.45) is 0 Å². The maximum Gasteiger partial charge on any atom is 0.274 e. The van der Waals surface area contributed by atoms with E-state index in [2.05, 4.69) is 52.1 Å². The second-order valence-electron chi connectivity index (χ2n) is 9.31. The Morgan fingerprint density at radius 2 is 1.74 bits per heavy atom. The summed E-state index contributed by atoms with van der Waals surface area (Å²) in [6.07, 6.45) is 1.82. The van der Waals surface area contributed by atoms with Crippen LogP contribution in [0.5, 0.6) is 11.5 Å². The van der Waals surface area contributed by atoms with Gasteiger partial charge in [-0.05, 0) is 73.5 Å². The van der Waals surface area contributed by atoms with E-state index in [0.29, 0.717) is 16.8 Å². The average Bonchev–Trinajstić information content (AvgIpc) is 2.67. The largest absolute Gasteiger partial charge is 0.542 e. The Labute approximate surface area is 191 Å². The van der Waals surface area contributed by atoms with Gasteiger partial charge in [-0.3, -0.25) is 4.79 Å². The lowest BCUT2D eigenvalue weighted by Gasteiger charge is -2.23. The Hall–Kier alpha value is -2.18. The number of aromatic hydroxyl groups is 1. The van der Waals surface area contributed by atoms with Crippen LogP contribution >= 0.6 is 11.8 Å². The zero-order chi connectivity index (χ0) is 23.1. The van der Waals surface area contributed by atoms with Gasteiger partial charge in [0, 0.05) is 10.9 Å². The minimum absolute atomic E-state index is 0.00770. The van der Waals surface area contributed by atoms with Crippen LogP contribution in [0.3, 0.4) is 0 Å². The number of thioether (sulfide) groups is 1. The topological polar surface area (TPSA) is 51.5 Å². The summed E-state index contributed by atoms with van der Waals surface area (Å²) in [5.41, 5.74) is 4.92. The van der Waals surface area contributed by atoms with E-state index in [-0.39, 0.29) is 16.7 Å². The van der Waals surface area contributed by atoms with Gasteiger partial charge in [0.05, 0.1) is 12.1 Å². The predicted molar refractivity (Wildman–Crippen MR) is 133 cm³/mol. The fourth-order valence-electron chi connectivity index (χ4n) is 3.65. The molecule has 1 N–H and O–H groups in total. The highest BCUT2D eigenvalue weighted by atomic mass is 32.2. The van der Waals surface area contributed by atoms with Crippen molar-refractivity contribution in [1.82, 2.24) is 4.57 Å².